The SMILES string of the molecule is CC1CC(=O)N(C(C)(C)C)C(=O)C1. The van der Waals surface area contributed by atoms with Gasteiger partial charge in [-0.05, 0) is 26.7 Å². The second-order valence-corrected chi connectivity index (χ2v) is 4.81. The van der Waals surface area contributed by atoms with Crippen molar-refractivity contribution in [2.75, 3.05) is 0 Å². The molecule has 0 aromatic rings. The normalized spacial score (nSPS) is 21.1. The number of carbonyl (C=O) groups is 2. The first-order valence-corrected chi connectivity index (χ1v) is 4.68. The smallest absolute Gasteiger partial charge is 0.229 e. The van der Waals surface area contributed by atoms with E-state index < -0.39 is 0 Å². The van der Waals surface area contributed by atoms with Crippen molar-refractivity contribution in [3.05, 3.63) is 0 Å². The number of amides is 2. The Bertz CT molecular complexity index is 222. The van der Waals surface area contributed by atoms with E-state index >= 15 is 0 Å². The first-order chi connectivity index (χ1) is 5.82. The van der Waals surface area contributed by atoms with Gasteiger partial charge in [-0.15, -0.1) is 0 Å². The van der Waals surface area contributed by atoms with Gasteiger partial charge in [-0.3, -0.25) is 14.5 Å². The van der Waals surface area contributed by atoms with Crippen molar-refractivity contribution in [3.63, 3.8) is 0 Å². The minimum atomic E-state index is -0.367. The molecule has 74 valence electrons. The number of likely N-dealkylation sites (tertiary alicyclic amines) is 1. The van der Waals surface area contributed by atoms with Crippen LogP contribution in [-0.2, 0) is 9.59 Å². The van der Waals surface area contributed by atoms with E-state index in [1.54, 1.807) is 0 Å². The zero-order chi connectivity index (χ0) is 10.2. The average Bonchev–Trinajstić information content (AvgIpc) is 1.78. The van der Waals surface area contributed by atoms with Gasteiger partial charge in [0, 0.05) is 18.4 Å². The second kappa shape index (κ2) is 3.13. The third kappa shape index (κ3) is 2.08. The van der Waals surface area contributed by atoms with Gasteiger partial charge >= 0.3 is 0 Å². The number of rotatable bonds is 0. The van der Waals surface area contributed by atoms with Crippen molar-refractivity contribution in [1.29, 1.82) is 0 Å². The first-order valence-electron chi connectivity index (χ1n) is 4.68. The fourth-order valence-corrected chi connectivity index (χ4v) is 1.74. The molecule has 0 aromatic carbocycles. The molecule has 0 N–H and O–H groups in total. The van der Waals surface area contributed by atoms with Crippen LogP contribution in [0, 0.1) is 5.92 Å². The fraction of sp³-hybridized carbons (Fsp3) is 0.800. The highest BCUT2D eigenvalue weighted by Gasteiger charge is 2.37. The standard InChI is InChI=1S/C10H17NO2/c1-7-5-8(12)11(9(13)6-7)10(2,3)4/h7H,5-6H2,1-4H3. The molecule has 0 atom stereocenters. The van der Waals surface area contributed by atoms with Crippen LogP contribution in [0.3, 0.4) is 0 Å². The summed E-state index contributed by atoms with van der Waals surface area (Å²) in [7, 11) is 0. The molecule has 0 radical (unpaired) electrons. The molecule has 3 heteroatoms. The lowest BCUT2D eigenvalue weighted by atomic mass is 9.93. The molecular formula is C10H17NO2. The Hall–Kier alpha value is -0.860. The largest absolute Gasteiger partial charge is 0.277 e. The van der Waals surface area contributed by atoms with Gasteiger partial charge in [0.1, 0.15) is 0 Å². The summed E-state index contributed by atoms with van der Waals surface area (Å²) in [6.45, 7) is 7.60. The summed E-state index contributed by atoms with van der Waals surface area (Å²) in [6, 6.07) is 0. The Morgan fingerprint density at radius 2 is 1.54 bits per heavy atom. The molecule has 0 saturated carbocycles. The maximum absolute atomic E-state index is 11.6. The van der Waals surface area contributed by atoms with E-state index in [2.05, 4.69) is 0 Å². The molecular weight excluding hydrogens is 166 g/mol. The quantitative estimate of drug-likeness (QED) is 0.534. The second-order valence-electron chi connectivity index (χ2n) is 4.81. The summed E-state index contributed by atoms with van der Waals surface area (Å²) >= 11 is 0. The van der Waals surface area contributed by atoms with Gasteiger partial charge in [-0.25, -0.2) is 0 Å². The third-order valence-corrected chi connectivity index (χ3v) is 2.22. The molecule has 2 amide bonds. The van der Waals surface area contributed by atoms with Crippen molar-refractivity contribution in [2.45, 2.75) is 46.1 Å². The minimum Gasteiger partial charge on any atom is -0.277 e. The molecule has 0 aromatic heterocycles. The van der Waals surface area contributed by atoms with E-state index in [1.165, 1.54) is 4.90 Å². The van der Waals surface area contributed by atoms with Gasteiger partial charge in [-0.2, -0.15) is 0 Å². The van der Waals surface area contributed by atoms with E-state index in [-0.39, 0.29) is 23.3 Å². The van der Waals surface area contributed by atoms with Gasteiger partial charge in [0.05, 0.1) is 0 Å². The van der Waals surface area contributed by atoms with Gasteiger partial charge in [0.2, 0.25) is 11.8 Å². The first kappa shape index (κ1) is 10.2. The van der Waals surface area contributed by atoms with Crippen LogP contribution in [-0.4, -0.2) is 22.3 Å². The van der Waals surface area contributed by atoms with Crippen LogP contribution in [0.25, 0.3) is 0 Å². The van der Waals surface area contributed by atoms with Crippen LogP contribution in [0.1, 0.15) is 40.5 Å². The van der Waals surface area contributed by atoms with Crippen molar-refractivity contribution in [2.24, 2.45) is 5.92 Å². The molecule has 1 aliphatic heterocycles. The number of hydrogen-bond acceptors (Lipinski definition) is 2. The summed E-state index contributed by atoms with van der Waals surface area (Å²) in [5.41, 5.74) is -0.367. The lowest BCUT2D eigenvalue weighted by molar-refractivity contribution is -0.155. The Kier molecular flexibility index (Phi) is 2.46. The van der Waals surface area contributed by atoms with Crippen LogP contribution in [0.4, 0.5) is 0 Å². The Morgan fingerprint density at radius 1 is 1.15 bits per heavy atom. The maximum Gasteiger partial charge on any atom is 0.229 e. The molecule has 1 rings (SSSR count). The third-order valence-electron chi connectivity index (χ3n) is 2.22. The van der Waals surface area contributed by atoms with Crippen molar-refractivity contribution in [3.8, 4) is 0 Å². The highest BCUT2D eigenvalue weighted by atomic mass is 16.2. The Labute approximate surface area is 79.1 Å². The highest BCUT2D eigenvalue weighted by molar-refractivity contribution is 5.98. The minimum absolute atomic E-state index is 0.0312. The molecule has 1 aliphatic rings. The van der Waals surface area contributed by atoms with Crippen LogP contribution >= 0.6 is 0 Å². The predicted octanol–water partition coefficient (Wildman–Crippen LogP) is 1.57. The predicted molar refractivity (Wildman–Crippen MR) is 50.0 cm³/mol. The lowest BCUT2D eigenvalue weighted by Gasteiger charge is -2.38. The van der Waals surface area contributed by atoms with E-state index in [1.807, 2.05) is 27.7 Å². The van der Waals surface area contributed by atoms with Crippen molar-refractivity contribution in [1.82, 2.24) is 4.90 Å². The van der Waals surface area contributed by atoms with Crippen LogP contribution in [0.2, 0.25) is 0 Å². The molecule has 13 heavy (non-hydrogen) atoms. The summed E-state index contributed by atoms with van der Waals surface area (Å²) < 4.78 is 0. The van der Waals surface area contributed by atoms with Gasteiger partial charge < -0.3 is 0 Å². The molecule has 0 spiro atoms. The van der Waals surface area contributed by atoms with Crippen LogP contribution in [0.15, 0.2) is 0 Å². The zero-order valence-corrected chi connectivity index (χ0v) is 8.76. The van der Waals surface area contributed by atoms with E-state index in [0.717, 1.165) is 0 Å². The van der Waals surface area contributed by atoms with Gasteiger partial charge in [0.25, 0.3) is 0 Å². The molecule has 3 nitrogen and oxygen atoms in total. The van der Waals surface area contributed by atoms with E-state index in [0.29, 0.717) is 12.8 Å². The number of carbonyl (C=O) groups excluding carboxylic acids is 2. The van der Waals surface area contributed by atoms with Crippen LogP contribution < -0.4 is 0 Å². The van der Waals surface area contributed by atoms with E-state index in [9.17, 15) is 9.59 Å². The van der Waals surface area contributed by atoms with Crippen molar-refractivity contribution < 1.29 is 9.59 Å². The number of hydrogen-bond donors (Lipinski definition) is 0. The lowest BCUT2D eigenvalue weighted by Crippen LogP contribution is -2.52. The average molecular weight is 183 g/mol. The van der Waals surface area contributed by atoms with Crippen molar-refractivity contribution >= 4 is 11.8 Å². The van der Waals surface area contributed by atoms with Gasteiger partial charge in [0.15, 0.2) is 0 Å². The summed E-state index contributed by atoms with van der Waals surface area (Å²) in [5, 5.41) is 0. The molecule has 0 aliphatic carbocycles. The topological polar surface area (TPSA) is 37.4 Å². The summed E-state index contributed by atoms with van der Waals surface area (Å²) in [4.78, 5) is 24.5. The fourth-order valence-electron chi connectivity index (χ4n) is 1.74. The Balaban J connectivity index is 2.86. The molecule has 1 heterocycles. The Morgan fingerprint density at radius 3 is 1.85 bits per heavy atom. The van der Waals surface area contributed by atoms with E-state index in [4.69, 9.17) is 0 Å². The zero-order valence-electron chi connectivity index (χ0n) is 8.76. The maximum atomic E-state index is 11.6. The number of piperidine rings is 1. The number of imide groups is 1. The molecule has 1 saturated heterocycles. The summed E-state index contributed by atoms with van der Waals surface area (Å²) in [5.74, 6) is 0.145. The molecule has 0 bridgehead atoms. The highest BCUT2D eigenvalue weighted by Crippen LogP contribution is 2.25. The molecule has 0 unspecified atom stereocenters. The number of nitrogens with zero attached hydrogens (tertiary/aromatic N) is 1. The van der Waals surface area contributed by atoms with Crippen LogP contribution in [0.5, 0.6) is 0 Å². The summed E-state index contributed by atoms with van der Waals surface area (Å²) in [6.07, 6.45) is 1.01. The molecule has 1 fully saturated rings. The van der Waals surface area contributed by atoms with Gasteiger partial charge in [-0.1, -0.05) is 6.92 Å². The monoisotopic (exact) mass is 183 g/mol.